The number of aromatic amines is 1. The molecular formula is C10H10ClN3O3S. The predicted molar refractivity (Wildman–Crippen MR) is 66.8 cm³/mol. The monoisotopic (exact) mass is 287 g/mol. The molecule has 0 aliphatic carbocycles. The highest BCUT2D eigenvalue weighted by molar-refractivity contribution is 7.92. The SMILES string of the molecule is O=S(=O)(Nc1ccccc1Cl)c1[nH]ncc1CO. The summed E-state index contributed by atoms with van der Waals surface area (Å²) in [6.45, 7) is -0.421. The van der Waals surface area contributed by atoms with Gasteiger partial charge in [-0.1, -0.05) is 23.7 Å². The maximum atomic E-state index is 12.0. The molecule has 96 valence electrons. The molecule has 2 aromatic rings. The van der Waals surface area contributed by atoms with E-state index in [1.807, 2.05) is 0 Å². The van der Waals surface area contributed by atoms with Gasteiger partial charge in [0.15, 0.2) is 5.03 Å². The van der Waals surface area contributed by atoms with Crippen LogP contribution < -0.4 is 4.72 Å². The quantitative estimate of drug-likeness (QED) is 0.791. The van der Waals surface area contributed by atoms with E-state index in [2.05, 4.69) is 14.9 Å². The Morgan fingerprint density at radius 3 is 2.78 bits per heavy atom. The number of halogens is 1. The first-order valence-electron chi connectivity index (χ1n) is 4.95. The molecule has 0 bridgehead atoms. The largest absolute Gasteiger partial charge is 0.392 e. The molecule has 0 radical (unpaired) electrons. The van der Waals surface area contributed by atoms with Crippen molar-refractivity contribution >= 4 is 27.3 Å². The van der Waals surface area contributed by atoms with Crippen molar-refractivity contribution in [3.05, 3.63) is 41.0 Å². The van der Waals surface area contributed by atoms with Gasteiger partial charge < -0.3 is 5.11 Å². The lowest BCUT2D eigenvalue weighted by Crippen LogP contribution is -2.15. The second-order valence-corrected chi connectivity index (χ2v) is 5.49. The molecule has 8 heteroatoms. The zero-order valence-electron chi connectivity index (χ0n) is 9.09. The summed E-state index contributed by atoms with van der Waals surface area (Å²) >= 11 is 5.86. The van der Waals surface area contributed by atoms with Crippen LogP contribution in [0.1, 0.15) is 5.56 Å². The number of nitrogens with zero attached hydrogens (tertiary/aromatic N) is 1. The first-order chi connectivity index (χ1) is 8.54. The Hall–Kier alpha value is -1.57. The highest BCUT2D eigenvalue weighted by Crippen LogP contribution is 2.24. The lowest BCUT2D eigenvalue weighted by atomic mass is 10.3. The minimum absolute atomic E-state index is 0.176. The number of aliphatic hydroxyl groups is 1. The summed E-state index contributed by atoms with van der Waals surface area (Å²) in [5.41, 5.74) is 0.451. The summed E-state index contributed by atoms with van der Waals surface area (Å²) in [7, 11) is -3.85. The second-order valence-electron chi connectivity index (χ2n) is 3.47. The minimum atomic E-state index is -3.85. The maximum Gasteiger partial charge on any atom is 0.279 e. The first-order valence-corrected chi connectivity index (χ1v) is 6.81. The summed E-state index contributed by atoms with van der Waals surface area (Å²) in [6, 6.07) is 6.45. The molecule has 3 N–H and O–H groups in total. The van der Waals surface area contributed by atoms with E-state index >= 15 is 0 Å². The van der Waals surface area contributed by atoms with Gasteiger partial charge in [-0.2, -0.15) is 13.5 Å². The Kier molecular flexibility index (Phi) is 3.55. The molecule has 18 heavy (non-hydrogen) atoms. The Bertz CT molecular complexity index is 654. The fourth-order valence-electron chi connectivity index (χ4n) is 1.38. The normalized spacial score (nSPS) is 11.4. The Morgan fingerprint density at radius 2 is 2.11 bits per heavy atom. The summed E-state index contributed by atoms with van der Waals surface area (Å²) in [6.07, 6.45) is 1.25. The average Bonchev–Trinajstić information content (AvgIpc) is 2.81. The van der Waals surface area contributed by atoms with Crippen molar-refractivity contribution in [2.24, 2.45) is 0 Å². The average molecular weight is 288 g/mol. The topological polar surface area (TPSA) is 95.1 Å². The molecule has 0 fully saturated rings. The van der Waals surface area contributed by atoms with Crippen LogP contribution in [0.4, 0.5) is 5.69 Å². The molecule has 1 aromatic carbocycles. The van der Waals surface area contributed by atoms with Crippen LogP contribution >= 0.6 is 11.6 Å². The highest BCUT2D eigenvalue weighted by atomic mass is 35.5. The van der Waals surface area contributed by atoms with Gasteiger partial charge in [0.25, 0.3) is 10.0 Å². The van der Waals surface area contributed by atoms with Gasteiger partial charge in [-0.15, -0.1) is 0 Å². The second kappa shape index (κ2) is 4.97. The highest BCUT2D eigenvalue weighted by Gasteiger charge is 2.21. The van der Waals surface area contributed by atoms with Gasteiger partial charge >= 0.3 is 0 Å². The van der Waals surface area contributed by atoms with Crippen LogP contribution in [-0.4, -0.2) is 23.7 Å². The fourth-order valence-corrected chi connectivity index (χ4v) is 2.83. The van der Waals surface area contributed by atoms with Crippen LogP contribution in [0, 0.1) is 0 Å². The van der Waals surface area contributed by atoms with Gasteiger partial charge in [0.2, 0.25) is 0 Å². The molecule has 0 unspecified atom stereocenters. The molecule has 6 nitrogen and oxygen atoms in total. The molecular weight excluding hydrogens is 278 g/mol. The van der Waals surface area contributed by atoms with E-state index in [-0.39, 0.29) is 21.3 Å². The number of hydrogen-bond donors (Lipinski definition) is 3. The van der Waals surface area contributed by atoms with Crippen molar-refractivity contribution in [3.63, 3.8) is 0 Å². The van der Waals surface area contributed by atoms with Crippen molar-refractivity contribution in [2.45, 2.75) is 11.6 Å². The van der Waals surface area contributed by atoms with Crippen LogP contribution in [-0.2, 0) is 16.6 Å². The van der Waals surface area contributed by atoms with Crippen molar-refractivity contribution in [2.75, 3.05) is 4.72 Å². The van der Waals surface area contributed by atoms with Gasteiger partial charge in [-0.25, -0.2) is 0 Å². The summed E-state index contributed by atoms with van der Waals surface area (Å²) in [5.74, 6) is 0. The summed E-state index contributed by atoms with van der Waals surface area (Å²) < 4.78 is 26.4. The number of sulfonamides is 1. The van der Waals surface area contributed by atoms with Crippen LogP contribution in [0.5, 0.6) is 0 Å². The summed E-state index contributed by atoms with van der Waals surface area (Å²) in [5, 5.41) is 15.0. The van der Waals surface area contributed by atoms with E-state index in [0.717, 1.165) is 0 Å². The zero-order valence-corrected chi connectivity index (χ0v) is 10.7. The summed E-state index contributed by atoms with van der Waals surface area (Å²) in [4.78, 5) is 0. The molecule has 0 saturated heterocycles. The molecule has 0 saturated carbocycles. The van der Waals surface area contributed by atoms with E-state index in [0.29, 0.717) is 0 Å². The number of H-pyrrole nitrogens is 1. The molecule has 0 atom stereocenters. The fraction of sp³-hybridized carbons (Fsp3) is 0.100. The van der Waals surface area contributed by atoms with E-state index in [4.69, 9.17) is 16.7 Å². The molecule has 0 spiro atoms. The van der Waals surface area contributed by atoms with Gasteiger partial charge in [-0.05, 0) is 12.1 Å². The number of nitrogens with one attached hydrogen (secondary N) is 2. The van der Waals surface area contributed by atoms with Crippen LogP contribution in [0.2, 0.25) is 5.02 Å². The first kappa shape index (κ1) is 12.9. The van der Waals surface area contributed by atoms with E-state index < -0.39 is 16.6 Å². The Balaban J connectivity index is 2.37. The zero-order chi connectivity index (χ0) is 13.2. The molecule has 1 heterocycles. The van der Waals surface area contributed by atoms with Gasteiger partial charge in [0.05, 0.1) is 23.5 Å². The minimum Gasteiger partial charge on any atom is -0.392 e. The third kappa shape index (κ3) is 2.47. The van der Waals surface area contributed by atoms with Gasteiger partial charge in [0.1, 0.15) is 0 Å². The number of anilines is 1. The van der Waals surface area contributed by atoms with Crippen LogP contribution in [0.3, 0.4) is 0 Å². The third-order valence-electron chi connectivity index (χ3n) is 2.24. The lowest BCUT2D eigenvalue weighted by Gasteiger charge is -2.08. The van der Waals surface area contributed by atoms with Crippen LogP contribution in [0.15, 0.2) is 35.5 Å². The standard InChI is InChI=1S/C10H10ClN3O3S/c11-8-3-1-2-4-9(8)14-18(16,17)10-7(6-15)5-12-13-10/h1-5,14-15H,6H2,(H,12,13). The van der Waals surface area contributed by atoms with Crippen LogP contribution in [0.25, 0.3) is 0 Å². The van der Waals surface area contributed by atoms with E-state index in [1.54, 1.807) is 18.2 Å². The third-order valence-corrected chi connectivity index (χ3v) is 3.94. The van der Waals surface area contributed by atoms with Gasteiger partial charge in [-0.3, -0.25) is 9.82 Å². The van der Waals surface area contributed by atoms with Crippen molar-refractivity contribution in [3.8, 4) is 0 Å². The van der Waals surface area contributed by atoms with Crippen molar-refractivity contribution in [1.29, 1.82) is 0 Å². The molecule has 1 aromatic heterocycles. The molecule has 2 rings (SSSR count). The molecule has 0 aliphatic rings. The maximum absolute atomic E-state index is 12.0. The van der Waals surface area contributed by atoms with E-state index in [9.17, 15) is 8.42 Å². The number of benzene rings is 1. The Morgan fingerprint density at radius 1 is 1.39 bits per heavy atom. The predicted octanol–water partition coefficient (Wildman–Crippen LogP) is 1.36. The van der Waals surface area contributed by atoms with E-state index in [1.165, 1.54) is 12.3 Å². The number of hydrogen-bond acceptors (Lipinski definition) is 4. The number of para-hydroxylation sites is 1. The Labute approximate surface area is 109 Å². The molecule has 0 aliphatic heterocycles. The number of aromatic nitrogens is 2. The number of rotatable bonds is 4. The number of aliphatic hydroxyl groups excluding tert-OH is 1. The smallest absolute Gasteiger partial charge is 0.279 e. The van der Waals surface area contributed by atoms with Crippen molar-refractivity contribution in [1.82, 2.24) is 10.2 Å². The molecule has 0 amide bonds. The van der Waals surface area contributed by atoms with Gasteiger partial charge in [0, 0.05) is 5.56 Å². The van der Waals surface area contributed by atoms with Crippen molar-refractivity contribution < 1.29 is 13.5 Å². The lowest BCUT2D eigenvalue weighted by molar-refractivity contribution is 0.278.